The number of likely N-dealkylation sites (tertiary alicyclic amines) is 1. The molecule has 5 heteroatoms. The van der Waals surface area contributed by atoms with Crippen LogP contribution in [0.15, 0.2) is 4.79 Å². The third-order valence-corrected chi connectivity index (χ3v) is 6.22. The number of aromatic amines is 1. The highest BCUT2D eigenvalue weighted by Gasteiger charge is 2.33. The monoisotopic (exact) mass is 326 g/mol. The molecule has 3 aliphatic rings. The van der Waals surface area contributed by atoms with Crippen LogP contribution in [0.3, 0.4) is 0 Å². The number of fused-ring (bicyclic) bond motifs is 3. The lowest BCUT2D eigenvalue weighted by molar-refractivity contribution is 0.320. The Bertz CT molecular complexity index is 845. The van der Waals surface area contributed by atoms with Gasteiger partial charge >= 0.3 is 0 Å². The van der Waals surface area contributed by atoms with Crippen molar-refractivity contribution in [1.29, 1.82) is 0 Å². The van der Waals surface area contributed by atoms with Gasteiger partial charge in [-0.05, 0) is 63.0 Å². The van der Waals surface area contributed by atoms with Crippen LogP contribution < -0.4 is 5.56 Å². The number of hydrogen-bond acceptors (Lipinski definition) is 3. The maximum absolute atomic E-state index is 12.4. The van der Waals surface area contributed by atoms with E-state index in [4.69, 9.17) is 5.10 Å². The standard InChI is InChI=1S/C19H26N4O/c1-22-18-16(14-4-2-3-5-15(14)19(24)20-18)17(21-22)13-8-9-23(11-13)10-12-6-7-12/h12-13H,2-11H2,1H3,(H,20,24). The summed E-state index contributed by atoms with van der Waals surface area (Å²) in [5.74, 6) is 1.47. The molecule has 0 amide bonds. The van der Waals surface area contributed by atoms with Gasteiger partial charge in [0.25, 0.3) is 5.56 Å². The molecule has 2 aromatic heterocycles. The average Bonchev–Trinajstić information content (AvgIpc) is 3.17. The van der Waals surface area contributed by atoms with Gasteiger partial charge in [-0.15, -0.1) is 0 Å². The van der Waals surface area contributed by atoms with Gasteiger partial charge in [-0.1, -0.05) is 0 Å². The van der Waals surface area contributed by atoms with Crippen molar-refractivity contribution in [3.8, 4) is 0 Å². The number of pyridine rings is 1. The van der Waals surface area contributed by atoms with Crippen LogP contribution in [-0.2, 0) is 19.9 Å². The zero-order valence-corrected chi connectivity index (χ0v) is 14.5. The van der Waals surface area contributed by atoms with E-state index in [2.05, 4.69) is 9.88 Å². The highest BCUT2D eigenvalue weighted by Crippen LogP contribution is 2.37. The molecule has 1 aliphatic heterocycles. The highest BCUT2D eigenvalue weighted by molar-refractivity contribution is 5.84. The van der Waals surface area contributed by atoms with Gasteiger partial charge in [-0.2, -0.15) is 5.10 Å². The molecule has 0 bridgehead atoms. The normalized spacial score (nSPS) is 24.6. The Labute approximate surface area is 142 Å². The first-order valence-electron chi connectivity index (χ1n) is 9.53. The largest absolute Gasteiger partial charge is 0.307 e. The molecule has 3 heterocycles. The first kappa shape index (κ1) is 14.7. The predicted molar refractivity (Wildman–Crippen MR) is 94.5 cm³/mol. The SMILES string of the molecule is Cn1nc(C2CCN(CC3CC3)C2)c2c3c(c(=O)[nH]c21)CCCC3. The van der Waals surface area contributed by atoms with Crippen molar-refractivity contribution < 1.29 is 0 Å². The van der Waals surface area contributed by atoms with Gasteiger partial charge in [-0.3, -0.25) is 9.48 Å². The lowest BCUT2D eigenvalue weighted by Crippen LogP contribution is -2.23. The Balaban J connectivity index is 1.57. The van der Waals surface area contributed by atoms with Crippen LogP contribution in [0.1, 0.15) is 54.8 Å². The van der Waals surface area contributed by atoms with Gasteiger partial charge in [0.1, 0.15) is 5.65 Å². The number of nitrogens with one attached hydrogen (secondary N) is 1. The molecule has 0 radical (unpaired) electrons. The van der Waals surface area contributed by atoms with Crippen LogP contribution in [0.5, 0.6) is 0 Å². The number of aromatic nitrogens is 3. The smallest absolute Gasteiger partial charge is 0.253 e. The van der Waals surface area contributed by atoms with Crippen LogP contribution in [0.2, 0.25) is 0 Å². The second-order valence-corrected chi connectivity index (χ2v) is 8.04. The van der Waals surface area contributed by atoms with Gasteiger partial charge in [0.05, 0.1) is 5.69 Å². The number of rotatable bonds is 3. The fourth-order valence-corrected chi connectivity index (χ4v) is 4.77. The minimum atomic E-state index is 0.105. The summed E-state index contributed by atoms with van der Waals surface area (Å²) >= 11 is 0. The summed E-state index contributed by atoms with van der Waals surface area (Å²) < 4.78 is 1.89. The van der Waals surface area contributed by atoms with E-state index in [9.17, 15) is 4.79 Å². The van der Waals surface area contributed by atoms with Crippen LogP contribution in [0, 0.1) is 5.92 Å². The van der Waals surface area contributed by atoms with Crippen molar-refractivity contribution in [1.82, 2.24) is 19.7 Å². The Morgan fingerprint density at radius 3 is 2.75 bits per heavy atom. The average molecular weight is 326 g/mol. The van der Waals surface area contributed by atoms with Crippen molar-refractivity contribution in [3.63, 3.8) is 0 Å². The molecule has 128 valence electrons. The molecule has 24 heavy (non-hydrogen) atoms. The molecular formula is C19H26N4O. The molecule has 2 fully saturated rings. The first-order chi connectivity index (χ1) is 11.7. The molecular weight excluding hydrogens is 300 g/mol. The lowest BCUT2D eigenvalue weighted by atomic mass is 9.88. The van der Waals surface area contributed by atoms with E-state index in [1.807, 2.05) is 11.7 Å². The van der Waals surface area contributed by atoms with Crippen LogP contribution in [0.4, 0.5) is 0 Å². The zero-order valence-electron chi connectivity index (χ0n) is 14.5. The molecule has 2 aliphatic carbocycles. The van der Waals surface area contributed by atoms with Gasteiger partial charge in [0.2, 0.25) is 0 Å². The van der Waals surface area contributed by atoms with Gasteiger partial charge in [0.15, 0.2) is 0 Å². The maximum atomic E-state index is 12.4. The molecule has 5 nitrogen and oxygen atoms in total. The van der Waals surface area contributed by atoms with E-state index < -0.39 is 0 Å². The molecule has 2 aromatic rings. The first-order valence-corrected chi connectivity index (χ1v) is 9.53. The van der Waals surface area contributed by atoms with E-state index in [0.717, 1.165) is 42.9 Å². The minimum Gasteiger partial charge on any atom is -0.307 e. The highest BCUT2D eigenvalue weighted by atomic mass is 16.1. The molecule has 1 atom stereocenters. The topological polar surface area (TPSA) is 53.9 Å². The molecule has 1 saturated carbocycles. The Hall–Kier alpha value is -1.62. The lowest BCUT2D eigenvalue weighted by Gasteiger charge is -2.18. The van der Waals surface area contributed by atoms with Crippen molar-refractivity contribution in [2.75, 3.05) is 19.6 Å². The van der Waals surface area contributed by atoms with E-state index >= 15 is 0 Å². The molecule has 1 N–H and O–H groups in total. The second-order valence-electron chi connectivity index (χ2n) is 8.04. The summed E-state index contributed by atoms with van der Waals surface area (Å²) in [5, 5.41) is 6.14. The van der Waals surface area contributed by atoms with Crippen LogP contribution in [0.25, 0.3) is 11.0 Å². The number of nitrogens with zero attached hydrogens (tertiary/aromatic N) is 3. The quantitative estimate of drug-likeness (QED) is 0.942. The summed E-state index contributed by atoms with van der Waals surface area (Å²) in [7, 11) is 1.97. The Morgan fingerprint density at radius 1 is 1.17 bits per heavy atom. The third-order valence-electron chi connectivity index (χ3n) is 6.22. The van der Waals surface area contributed by atoms with Crippen LogP contribution in [-0.4, -0.2) is 39.3 Å². The predicted octanol–water partition coefficient (Wildman–Crippen LogP) is 2.34. The summed E-state index contributed by atoms with van der Waals surface area (Å²) in [4.78, 5) is 18.2. The van der Waals surface area contributed by atoms with Gasteiger partial charge in [0, 0.05) is 37.0 Å². The number of aryl methyl sites for hydroxylation is 2. The fraction of sp³-hybridized carbons (Fsp3) is 0.684. The van der Waals surface area contributed by atoms with Crippen molar-refractivity contribution in [2.24, 2.45) is 13.0 Å². The fourth-order valence-electron chi connectivity index (χ4n) is 4.77. The Kier molecular flexibility index (Phi) is 3.34. The van der Waals surface area contributed by atoms with Crippen molar-refractivity contribution in [2.45, 2.75) is 50.9 Å². The van der Waals surface area contributed by atoms with E-state index in [0.29, 0.717) is 5.92 Å². The third kappa shape index (κ3) is 2.32. The molecule has 1 unspecified atom stereocenters. The van der Waals surface area contributed by atoms with Gasteiger partial charge < -0.3 is 9.88 Å². The second kappa shape index (κ2) is 5.45. The zero-order chi connectivity index (χ0) is 16.3. The molecule has 5 rings (SSSR count). The van der Waals surface area contributed by atoms with E-state index in [-0.39, 0.29) is 5.56 Å². The maximum Gasteiger partial charge on any atom is 0.253 e. The summed E-state index contributed by atoms with van der Waals surface area (Å²) in [6, 6.07) is 0. The van der Waals surface area contributed by atoms with Crippen molar-refractivity contribution in [3.05, 3.63) is 27.2 Å². The molecule has 1 saturated heterocycles. The summed E-state index contributed by atoms with van der Waals surface area (Å²) in [6.45, 7) is 3.61. The minimum absolute atomic E-state index is 0.105. The van der Waals surface area contributed by atoms with Crippen molar-refractivity contribution >= 4 is 11.0 Å². The Morgan fingerprint density at radius 2 is 1.96 bits per heavy atom. The number of hydrogen-bond donors (Lipinski definition) is 1. The van der Waals surface area contributed by atoms with E-state index in [1.165, 1.54) is 55.4 Å². The molecule has 0 aromatic carbocycles. The van der Waals surface area contributed by atoms with Gasteiger partial charge in [-0.25, -0.2) is 0 Å². The summed E-state index contributed by atoms with van der Waals surface area (Å²) in [5.41, 5.74) is 4.59. The summed E-state index contributed by atoms with van der Waals surface area (Å²) in [6.07, 6.45) is 8.33. The number of H-pyrrole nitrogens is 1. The van der Waals surface area contributed by atoms with E-state index in [1.54, 1.807) is 0 Å². The van der Waals surface area contributed by atoms with Crippen LogP contribution >= 0.6 is 0 Å². The molecule has 0 spiro atoms.